The number of nitrogens with one attached hydrogen (secondary N) is 1. The molecule has 2 aromatic heterocycles. The molecule has 4 aliphatic rings. The van der Waals surface area contributed by atoms with E-state index in [0.717, 1.165) is 58.5 Å². The molecule has 0 bridgehead atoms. The average molecular weight is 853 g/mol. The van der Waals surface area contributed by atoms with E-state index in [1.54, 1.807) is 12.0 Å². The highest BCUT2D eigenvalue weighted by molar-refractivity contribution is 7.90. The Morgan fingerprint density at radius 2 is 1.85 bits per heavy atom. The second-order valence-electron chi connectivity index (χ2n) is 17.8. The van der Waals surface area contributed by atoms with Gasteiger partial charge in [0.15, 0.2) is 5.78 Å². The molecule has 5 atom stereocenters. The summed E-state index contributed by atoms with van der Waals surface area (Å²) in [6, 6.07) is 13.1. The molecule has 3 fully saturated rings. The van der Waals surface area contributed by atoms with Crippen molar-refractivity contribution in [1.82, 2.24) is 19.6 Å². The van der Waals surface area contributed by atoms with E-state index in [4.69, 9.17) is 19.4 Å². The molecule has 8 rings (SSSR count). The van der Waals surface area contributed by atoms with Gasteiger partial charge in [-0.25, -0.2) is 18.4 Å². The first kappa shape index (κ1) is 42.1. The van der Waals surface area contributed by atoms with E-state index in [2.05, 4.69) is 36.8 Å². The normalized spacial score (nSPS) is 25.6. The standard InChI is InChI=1S/C47H56N4O7S2/c1-28(2)38-27-59-44(49-38)37-23-42(36-18-19-41(57-5)30(4)43(36)48-37)58-34-22-39-40(52)25-47(46(54)50-60(55,56)35-16-17-35)24-33(47)15-10-8-6-7-9-14-32(45(53)51(39)26-34)21-31-13-11-12-29(3)20-31/h10-13,15,18-20,23,27-28,32-35,39H,6-9,14,16-17,21-22,24-26H2,1-5H3,(H,50,54)/b15-10-/t32-,33-,34-,39+,47-/m1/s1. The Balaban J connectivity index is 1.15. The summed E-state index contributed by atoms with van der Waals surface area (Å²) < 4.78 is 41.0. The van der Waals surface area contributed by atoms with Gasteiger partial charge in [0.1, 0.15) is 28.3 Å². The van der Waals surface area contributed by atoms with Gasteiger partial charge in [0.2, 0.25) is 21.8 Å². The number of amides is 2. The van der Waals surface area contributed by atoms with Crippen molar-refractivity contribution in [1.29, 1.82) is 0 Å². The number of allylic oxidation sites excluding steroid dienone is 2. The van der Waals surface area contributed by atoms with Crippen molar-refractivity contribution in [3.05, 3.63) is 82.4 Å². The predicted molar refractivity (Wildman–Crippen MR) is 234 cm³/mol. The van der Waals surface area contributed by atoms with E-state index in [-0.39, 0.29) is 48.8 Å². The Hall–Kier alpha value is -4.62. The number of hydrogen-bond acceptors (Lipinski definition) is 10. The number of carbonyl (C=O) groups excluding carboxylic acids is 3. The average Bonchev–Trinajstić information content (AvgIpc) is 4.09. The summed E-state index contributed by atoms with van der Waals surface area (Å²) in [6.45, 7) is 8.39. The van der Waals surface area contributed by atoms with Crippen LogP contribution in [0.2, 0.25) is 0 Å². The highest BCUT2D eigenvalue weighted by atomic mass is 32.2. The van der Waals surface area contributed by atoms with E-state index in [1.165, 1.54) is 11.3 Å². The van der Waals surface area contributed by atoms with E-state index in [9.17, 15) is 18.0 Å². The molecule has 4 aromatic rings. The molecule has 1 saturated heterocycles. The smallest absolute Gasteiger partial charge is 0.240 e. The molecule has 0 radical (unpaired) electrons. The quantitative estimate of drug-likeness (QED) is 0.156. The summed E-state index contributed by atoms with van der Waals surface area (Å²) in [5, 5.41) is 3.01. The third-order valence-corrected chi connectivity index (χ3v) is 15.6. The summed E-state index contributed by atoms with van der Waals surface area (Å²) >= 11 is 1.52. The summed E-state index contributed by atoms with van der Waals surface area (Å²) in [5.74, 6) is -0.0853. The molecule has 4 heterocycles. The minimum Gasteiger partial charge on any atom is -0.496 e. The zero-order valence-electron chi connectivity index (χ0n) is 35.2. The van der Waals surface area contributed by atoms with Gasteiger partial charge < -0.3 is 14.4 Å². The zero-order chi connectivity index (χ0) is 42.3. The Bertz CT molecular complexity index is 2440. The highest BCUT2D eigenvalue weighted by Crippen LogP contribution is 2.57. The van der Waals surface area contributed by atoms with Gasteiger partial charge in [-0.3, -0.25) is 19.1 Å². The Kier molecular flexibility index (Phi) is 11.9. The fourth-order valence-electron chi connectivity index (χ4n) is 9.10. The van der Waals surface area contributed by atoms with Crippen LogP contribution in [0.15, 0.2) is 60.0 Å². The molecule has 11 nitrogen and oxygen atoms in total. The van der Waals surface area contributed by atoms with Crippen LogP contribution in [-0.4, -0.2) is 71.9 Å². The lowest BCUT2D eigenvalue weighted by molar-refractivity contribution is -0.142. The summed E-state index contributed by atoms with van der Waals surface area (Å²) in [6.07, 6.45) is 9.75. The Morgan fingerprint density at radius 3 is 2.58 bits per heavy atom. The number of thiazole rings is 1. The van der Waals surface area contributed by atoms with Crippen LogP contribution in [0, 0.1) is 31.1 Å². The number of ketones is 1. The molecule has 2 aliphatic heterocycles. The first-order chi connectivity index (χ1) is 28.8. The number of aromatic nitrogens is 2. The van der Waals surface area contributed by atoms with Gasteiger partial charge in [0, 0.05) is 41.2 Å². The molecule has 2 aliphatic carbocycles. The van der Waals surface area contributed by atoms with E-state index in [0.29, 0.717) is 54.8 Å². The topological polar surface area (TPSA) is 145 Å². The Labute approximate surface area is 357 Å². The second-order valence-corrected chi connectivity index (χ2v) is 20.6. The van der Waals surface area contributed by atoms with Crippen LogP contribution in [0.4, 0.5) is 0 Å². The number of benzene rings is 2. The first-order valence-corrected chi connectivity index (χ1v) is 23.9. The first-order valence-electron chi connectivity index (χ1n) is 21.5. The number of aryl methyl sites for hydroxylation is 2. The molecule has 1 N–H and O–H groups in total. The monoisotopic (exact) mass is 852 g/mol. The van der Waals surface area contributed by atoms with Crippen LogP contribution in [0.5, 0.6) is 11.5 Å². The highest BCUT2D eigenvalue weighted by Gasteiger charge is 2.61. The van der Waals surface area contributed by atoms with Crippen molar-refractivity contribution in [2.75, 3.05) is 13.7 Å². The fraction of sp³-hybridized carbons (Fsp3) is 0.511. The van der Waals surface area contributed by atoms with Crippen LogP contribution in [0.25, 0.3) is 21.6 Å². The SMILES string of the molecule is COc1ccc2c(O[C@@H]3C[C@H]4C(=O)C[C@]5(C(=O)NS(=O)(=O)C6CC6)C[C@H]5/C=C\CCCCC[C@H](Cc5cccc(C)c5)C(=O)N4C3)cc(-c3nc(C(C)C)cs3)nc2c1C. The number of fused-ring (bicyclic) bond motifs is 3. The molecule has 0 unspecified atom stereocenters. The fourth-order valence-corrected chi connectivity index (χ4v) is 11.4. The molecule has 2 aromatic carbocycles. The number of Topliss-reactive ketones (excluding diaryl/α,β-unsaturated/α-hetero) is 1. The predicted octanol–water partition coefficient (Wildman–Crippen LogP) is 8.41. The third kappa shape index (κ3) is 8.75. The van der Waals surface area contributed by atoms with E-state index in [1.807, 2.05) is 55.6 Å². The molecular weight excluding hydrogens is 797 g/mol. The van der Waals surface area contributed by atoms with Gasteiger partial charge in [-0.2, -0.15) is 0 Å². The lowest BCUT2D eigenvalue weighted by Gasteiger charge is -2.29. The van der Waals surface area contributed by atoms with Gasteiger partial charge in [0.05, 0.1) is 41.6 Å². The maximum absolute atomic E-state index is 15.0. The molecule has 318 valence electrons. The Morgan fingerprint density at radius 1 is 1.03 bits per heavy atom. The molecule has 13 heteroatoms. The van der Waals surface area contributed by atoms with Gasteiger partial charge in [-0.1, -0.05) is 68.7 Å². The van der Waals surface area contributed by atoms with Crippen LogP contribution < -0.4 is 14.2 Å². The number of hydrogen-bond donors (Lipinski definition) is 1. The van der Waals surface area contributed by atoms with Gasteiger partial charge >= 0.3 is 0 Å². The maximum Gasteiger partial charge on any atom is 0.240 e. The van der Waals surface area contributed by atoms with Crippen molar-refractivity contribution in [2.45, 2.75) is 122 Å². The number of pyridine rings is 1. The van der Waals surface area contributed by atoms with Crippen molar-refractivity contribution in [2.24, 2.45) is 17.3 Å². The molecular formula is C47H56N4O7S2. The third-order valence-electron chi connectivity index (χ3n) is 12.9. The van der Waals surface area contributed by atoms with E-state index >= 15 is 4.79 Å². The van der Waals surface area contributed by atoms with Crippen LogP contribution >= 0.6 is 11.3 Å². The molecule has 2 amide bonds. The minimum atomic E-state index is -3.83. The van der Waals surface area contributed by atoms with Crippen molar-refractivity contribution >= 4 is 49.9 Å². The zero-order valence-corrected chi connectivity index (χ0v) is 36.9. The molecule has 60 heavy (non-hydrogen) atoms. The van der Waals surface area contributed by atoms with Crippen LogP contribution in [0.3, 0.4) is 0 Å². The number of rotatable bonds is 10. The largest absolute Gasteiger partial charge is 0.496 e. The molecule has 2 saturated carbocycles. The lowest BCUT2D eigenvalue weighted by atomic mass is 9.89. The van der Waals surface area contributed by atoms with Gasteiger partial charge in [-0.15, -0.1) is 11.3 Å². The minimum absolute atomic E-state index is 0.0963. The van der Waals surface area contributed by atoms with E-state index < -0.39 is 38.7 Å². The van der Waals surface area contributed by atoms with Crippen molar-refractivity contribution in [3.63, 3.8) is 0 Å². The summed E-state index contributed by atoms with van der Waals surface area (Å²) in [7, 11) is -2.20. The van der Waals surface area contributed by atoms with Crippen molar-refractivity contribution < 1.29 is 32.3 Å². The van der Waals surface area contributed by atoms with Crippen LogP contribution in [-0.2, 0) is 30.8 Å². The van der Waals surface area contributed by atoms with Crippen LogP contribution in [0.1, 0.15) is 106 Å². The summed E-state index contributed by atoms with van der Waals surface area (Å²) in [4.78, 5) is 55.5. The lowest BCUT2D eigenvalue weighted by Crippen LogP contribution is -2.46. The number of carbonyl (C=O) groups is 3. The number of sulfonamides is 1. The maximum atomic E-state index is 15.0. The van der Waals surface area contributed by atoms with Gasteiger partial charge in [-0.05, 0) is 88.3 Å². The second kappa shape index (κ2) is 17.0. The van der Waals surface area contributed by atoms with Crippen molar-refractivity contribution in [3.8, 4) is 22.2 Å². The number of ether oxygens (including phenoxy) is 2. The molecule has 0 spiro atoms. The summed E-state index contributed by atoms with van der Waals surface area (Å²) in [5.41, 5.74) is 4.19. The van der Waals surface area contributed by atoms with Gasteiger partial charge in [0.25, 0.3) is 0 Å². The number of methoxy groups -OCH3 is 1. The number of nitrogens with zero attached hydrogens (tertiary/aromatic N) is 3.